The van der Waals surface area contributed by atoms with Gasteiger partial charge in [-0.3, -0.25) is 19.1 Å². The minimum atomic E-state index is -0.505. The van der Waals surface area contributed by atoms with E-state index in [9.17, 15) is 9.59 Å². The number of para-hydroxylation sites is 1. The number of carbonyl (C=O) groups is 1. The molecule has 1 unspecified atom stereocenters. The zero-order valence-electron chi connectivity index (χ0n) is 20.0. The van der Waals surface area contributed by atoms with Crippen LogP contribution in [0.1, 0.15) is 31.9 Å². The van der Waals surface area contributed by atoms with Crippen LogP contribution in [-0.4, -0.2) is 53.6 Å². The summed E-state index contributed by atoms with van der Waals surface area (Å²) in [5.41, 5.74) is 2.73. The molecule has 0 N–H and O–H groups in total. The average molecular weight is 482 g/mol. The Morgan fingerprint density at radius 3 is 2.32 bits per heavy atom. The van der Waals surface area contributed by atoms with E-state index in [1.54, 1.807) is 15.5 Å². The van der Waals surface area contributed by atoms with Crippen LogP contribution < -0.4 is 15.4 Å². The predicted molar refractivity (Wildman–Crippen MR) is 139 cm³/mol. The highest BCUT2D eigenvalue weighted by Gasteiger charge is 2.39. The topological polar surface area (TPSA) is 61.7 Å². The normalized spacial score (nSPS) is 18.5. The molecule has 5 rings (SSSR count). The molecular formula is C26H32ClN5O2. The second-order valence-electron chi connectivity index (χ2n) is 9.63. The summed E-state index contributed by atoms with van der Waals surface area (Å²) in [7, 11) is 2.15. The first-order valence-electron chi connectivity index (χ1n) is 11.8. The van der Waals surface area contributed by atoms with Crippen molar-refractivity contribution in [1.29, 1.82) is 0 Å². The van der Waals surface area contributed by atoms with E-state index in [1.807, 2.05) is 18.2 Å². The molecule has 0 spiro atoms. The second-order valence-corrected chi connectivity index (χ2v) is 9.63. The number of amides is 1. The third-order valence-corrected chi connectivity index (χ3v) is 6.73. The molecule has 0 radical (unpaired) electrons. The Labute approximate surface area is 206 Å². The van der Waals surface area contributed by atoms with Gasteiger partial charge in [-0.05, 0) is 49.2 Å². The first kappa shape index (κ1) is 24.2. The van der Waals surface area contributed by atoms with Crippen LogP contribution in [0.4, 0.5) is 11.6 Å². The Balaban J connectivity index is 0.00000274. The first-order valence-corrected chi connectivity index (χ1v) is 11.8. The van der Waals surface area contributed by atoms with Crippen molar-refractivity contribution in [3.8, 4) is 0 Å². The Morgan fingerprint density at radius 2 is 1.65 bits per heavy atom. The monoisotopic (exact) mass is 481 g/mol. The molecule has 3 aromatic rings. The molecule has 1 aromatic heterocycles. The molecule has 7 nitrogen and oxygen atoms in total. The van der Waals surface area contributed by atoms with Gasteiger partial charge in [0, 0.05) is 31.9 Å². The van der Waals surface area contributed by atoms with Gasteiger partial charge in [-0.2, -0.15) is 0 Å². The van der Waals surface area contributed by atoms with E-state index < -0.39 is 6.04 Å². The van der Waals surface area contributed by atoms with Gasteiger partial charge in [0.25, 0.3) is 11.5 Å². The summed E-state index contributed by atoms with van der Waals surface area (Å²) >= 11 is 0. The van der Waals surface area contributed by atoms with Crippen LogP contribution in [0.15, 0.2) is 53.3 Å². The zero-order valence-corrected chi connectivity index (χ0v) is 20.8. The fourth-order valence-corrected chi connectivity index (χ4v) is 4.86. The predicted octanol–water partition coefficient (Wildman–Crippen LogP) is 3.70. The van der Waals surface area contributed by atoms with Crippen LogP contribution >= 0.6 is 12.4 Å². The van der Waals surface area contributed by atoms with Crippen molar-refractivity contribution in [3.05, 3.63) is 64.4 Å². The van der Waals surface area contributed by atoms with Gasteiger partial charge in [0.2, 0.25) is 5.95 Å². The number of benzene rings is 2. The summed E-state index contributed by atoms with van der Waals surface area (Å²) in [5, 5.41) is 0.557. The van der Waals surface area contributed by atoms with Crippen molar-refractivity contribution in [2.75, 3.05) is 43.0 Å². The highest BCUT2D eigenvalue weighted by Crippen LogP contribution is 2.33. The van der Waals surface area contributed by atoms with Gasteiger partial charge in [-0.25, -0.2) is 4.98 Å². The molecule has 2 aromatic carbocycles. The summed E-state index contributed by atoms with van der Waals surface area (Å²) in [4.78, 5) is 38.0. The van der Waals surface area contributed by atoms with Gasteiger partial charge >= 0.3 is 0 Å². The first-order chi connectivity index (χ1) is 15.9. The lowest BCUT2D eigenvalue weighted by molar-refractivity contribution is -0.120. The van der Waals surface area contributed by atoms with Crippen molar-refractivity contribution < 1.29 is 4.79 Å². The van der Waals surface area contributed by atoms with Crippen LogP contribution in [0.3, 0.4) is 0 Å². The van der Waals surface area contributed by atoms with Crippen molar-refractivity contribution in [3.63, 3.8) is 0 Å². The number of fused-ring (bicyclic) bond motifs is 2. The van der Waals surface area contributed by atoms with Gasteiger partial charge in [0.05, 0.1) is 17.4 Å². The fraction of sp³-hybridized carbons (Fsp3) is 0.423. The third-order valence-electron chi connectivity index (χ3n) is 6.73. The van der Waals surface area contributed by atoms with E-state index in [-0.39, 0.29) is 29.8 Å². The van der Waals surface area contributed by atoms with Crippen LogP contribution in [0.25, 0.3) is 10.9 Å². The molecule has 180 valence electrons. The highest BCUT2D eigenvalue weighted by atomic mass is 35.5. The molecule has 3 heterocycles. The van der Waals surface area contributed by atoms with E-state index >= 15 is 0 Å². The van der Waals surface area contributed by atoms with Crippen molar-refractivity contribution in [2.45, 2.75) is 32.9 Å². The average Bonchev–Trinajstić information content (AvgIpc) is 3.06. The summed E-state index contributed by atoms with van der Waals surface area (Å²) < 4.78 is 1.61. The number of carbonyl (C=O) groups excluding carboxylic acids is 1. The lowest BCUT2D eigenvalue weighted by Crippen LogP contribution is -2.44. The molecule has 0 saturated carbocycles. The van der Waals surface area contributed by atoms with Gasteiger partial charge in [-0.1, -0.05) is 38.1 Å². The van der Waals surface area contributed by atoms with Crippen LogP contribution in [0, 0.1) is 5.92 Å². The van der Waals surface area contributed by atoms with Crippen LogP contribution in [-0.2, 0) is 11.3 Å². The number of nitrogens with zero attached hydrogens (tertiary/aromatic N) is 5. The van der Waals surface area contributed by atoms with Crippen molar-refractivity contribution >= 4 is 40.9 Å². The smallest absolute Gasteiger partial charge is 0.263 e. The zero-order chi connectivity index (χ0) is 23.1. The van der Waals surface area contributed by atoms with E-state index in [0.29, 0.717) is 29.8 Å². The summed E-state index contributed by atoms with van der Waals surface area (Å²) in [5.74, 6) is 0.692. The molecule has 1 fully saturated rings. The van der Waals surface area contributed by atoms with E-state index in [2.05, 4.69) is 55.0 Å². The fourth-order valence-electron chi connectivity index (χ4n) is 4.86. The summed E-state index contributed by atoms with van der Waals surface area (Å²) in [6.45, 7) is 8.72. The quantitative estimate of drug-likeness (QED) is 0.556. The third kappa shape index (κ3) is 4.42. The molecule has 0 bridgehead atoms. The largest absolute Gasteiger partial charge is 0.369 e. The molecule has 34 heavy (non-hydrogen) atoms. The molecule has 0 aliphatic carbocycles. The standard InChI is InChI=1S/C26H31N5O2.ClH/c1-18(2)16-23-25(33)30(26-27-22-7-5-4-6-21(22)24(32)31(23)26)17-19-8-10-20(11-9-19)29-14-12-28(3)13-15-29;/h4-11,18,23H,12-17H2,1-3H3;1H. The van der Waals surface area contributed by atoms with Crippen molar-refractivity contribution in [2.24, 2.45) is 5.92 Å². The minimum absolute atomic E-state index is 0. The van der Waals surface area contributed by atoms with Gasteiger partial charge < -0.3 is 9.80 Å². The Hall–Kier alpha value is -2.90. The van der Waals surface area contributed by atoms with E-state index in [0.717, 1.165) is 31.7 Å². The number of piperazine rings is 1. The van der Waals surface area contributed by atoms with Crippen molar-refractivity contribution in [1.82, 2.24) is 14.5 Å². The molecule has 2 aliphatic heterocycles. The molecule has 8 heteroatoms. The van der Waals surface area contributed by atoms with E-state index in [4.69, 9.17) is 4.98 Å². The molecule has 1 amide bonds. The minimum Gasteiger partial charge on any atom is -0.369 e. The maximum Gasteiger partial charge on any atom is 0.263 e. The SMILES string of the molecule is CC(C)CC1C(=O)N(Cc2ccc(N3CCN(C)CC3)cc2)c2nc3ccccc3c(=O)n21.Cl. The lowest BCUT2D eigenvalue weighted by atomic mass is 10.0. The molecule has 2 aliphatic rings. The number of likely N-dealkylation sites (N-methyl/N-ethyl adjacent to an activating group) is 1. The number of halogens is 1. The van der Waals surface area contributed by atoms with Crippen LogP contribution in [0.5, 0.6) is 0 Å². The number of rotatable bonds is 5. The van der Waals surface area contributed by atoms with Gasteiger partial charge in [0.1, 0.15) is 6.04 Å². The molecule has 1 atom stereocenters. The molecule has 1 saturated heterocycles. The Bertz CT molecular complexity index is 1230. The lowest BCUT2D eigenvalue weighted by Gasteiger charge is -2.34. The number of hydrogen-bond donors (Lipinski definition) is 0. The van der Waals surface area contributed by atoms with Gasteiger partial charge in [-0.15, -0.1) is 12.4 Å². The number of hydrogen-bond acceptors (Lipinski definition) is 5. The van der Waals surface area contributed by atoms with E-state index in [1.165, 1.54) is 5.69 Å². The summed E-state index contributed by atoms with van der Waals surface area (Å²) in [6, 6.07) is 15.3. The maximum absolute atomic E-state index is 13.5. The Morgan fingerprint density at radius 1 is 0.971 bits per heavy atom. The maximum atomic E-state index is 13.5. The molecular weight excluding hydrogens is 450 g/mol. The summed E-state index contributed by atoms with van der Waals surface area (Å²) in [6.07, 6.45) is 0.616. The highest BCUT2D eigenvalue weighted by molar-refractivity contribution is 5.99. The second kappa shape index (κ2) is 9.76. The van der Waals surface area contributed by atoms with Crippen LogP contribution in [0.2, 0.25) is 0 Å². The Kier molecular flexibility index (Phi) is 6.96. The number of anilines is 2. The number of aromatic nitrogens is 2. The van der Waals surface area contributed by atoms with Gasteiger partial charge in [0.15, 0.2) is 0 Å².